The lowest BCUT2D eigenvalue weighted by atomic mass is 10.1. The Morgan fingerprint density at radius 2 is 1.94 bits per heavy atom. The molecule has 17 heavy (non-hydrogen) atoms. The number of unbranched alkanes of at least 4 members (excludes halogenated alkanes) is 3. The largest absolute Gasteiger partial charge is 0.459 e. The average Bonchev–Trinajstić information content (AvgIpc) is 2.31. The lowest BCUT2D eigenvalue weighted by Gasteiger charge is -2.13. The number of carbonyl (C=O) groups excluding carboxylic acids is 1. The van der Waals surface area contributed by atoms with Crippen molar-refractivity contribution in [2.24, 2.45) is 0 Å². The summed E-state index contributed by atoms with van der Waals surface area (Å²) in [6.07, 6.45) is 7.00. The minimum absolute atomic E-state index is 0.0560. The molecule has 0 aliphatic rings. The number of hydrogen-bond donors (Lipinski definition) is 1. The molecule has 0 spiro atoms. The Bertz CT molecular complexity index is 267. The molecule has 0 aromatic rings. The number of nitrogens with one attached hydrogen (secondary N) is 1. The molecular weight excluding hydrogens is 214 g/mol. The van der Waals surface area contributed by atoms with Crippen LogP contribution in [0.1, 0.15) is 65.7 Å². The van der Waals surface area contributed by atoms with Crippen molar-refractivity contribution in [2.45, 2.75) is 71.8 Å². The first-order valence-corrected chi connectivity index (χ1v) is 6.65. The van der Waals surface area contributed by atoms with Gasteiger partial charge in [-0.2, -0.15) is 0 Å². The minimum Gasteiger partial charge on any atom is -0.459 e. The molecule has 0 saturated heterocycles. The molecule has 0 aliphatic carbocycles. The molecule has 0 amide bonds. The first kappa shape index (κ1) is 15.9. The highest BCUT2D eigenvalue weighted by Gasteiger charge is 2.13. The molecule has 1 atom stereocenters. The molecule has 0 aromatic heterocycles. The Morgan fingerprint density at radius 1 is 1.24 bits per heavy atom. The van der Waals surface area contributed by atoms with Crippen LogP contribution in [-0.2, 0) is 9.53 Å². The number of esters is 1. The van der Waals surface area contributed by atoms with E-state index < -0.39 is 0 Å². The van der Waals surface area contributed by atoms with Crippen LogP contribution in [0, 0.1) is 5.41 Å². The lowest BCUT2D eigenvalue weighted by Crippen LogP contribution is -2.17. The van der Waals surface area contributed by atoms with Crippen molar-refractivity contribution in [3.8, 4) is 0 Å². The normalized spacial score (nSPS) is 11.7. The van der Waals surface area contributed by atoms with Gasteiger partial charge in [0.1, 0.15) is 0 Å². The van der Waals surface area contributed by atoms with Crippen molar-refractivity contribution in [2.75, 3.05) is 0 Å². The summed E-state index contributed by atoms with van der Waals surface area (Å²) in [6, 6.07) is 0. The van der Waals surface area contributed by atoms with E-state index in [2.05, 4.69) is 12.8 Å². The van der Waals surface area contributed by atoms with Gasteiger partial charge in [0.2, 0.25) is 0 Å². The van der Waals surface area contributed by atoms with E-state index >= 15 is 0 Å². The molecule has 1 N–H and O–H groups in total. The van der Waals surface area contributed by atoms with E-state index in [0.717, 1.165) is 19.3 Å². The minimum atomic E-state index is -0.371. The summed E-state index contributed by atoms with van der Waals surface area (Å²) >= 11 is 0. The predicted molar refractivity (Wildman–Crippen MR) is 70.5 cm³/mol. The summed E-state index contributed by atoms with van der Waals surface area (Å²) in [5.74, 6) is 1.81. The maximum absolute atomic E-state index is 11.6. The zero-order chi connectivity index (χ0) is 13.1. The predicted octanol–water partition coefficient (Wildman–Crippen LogP) is 3.86. The Kier molecular flexibility index (Phi) is 9.46. The molecule has 0 fully saturated rings. The van der Waals surface area contributed by atoms with E-state index in [4.69, 9.17) is 10.1 Å². The molecule has 0 rings (SSSR count). The molecule has 3 nitrogen and oxygen atoms in total. The van der Waals surface area contributed by atoms with Crippen molar-refractivity contribution < 1.29 is 9.53 Å². The van der Waals surface area contributed by atoms with E-state index in [1.54, 1.807) is 0 Å². The Balaban J connectivity index is 3.90. The van der Waals surface area contributed by atoms with Crippen molar-refractivity contribution in [3.63, 3.8) is 0 Å². The van der Waals surface area contributed by atoms with E-state index in [-0.39, 0.29) is 12.1 Å². The number of hydrogen-bond acceptors (Lipinski definition) is 3. The molecule has 0 aromatic carbocycles. The van der Waals surface area contributed by atoms with Gasteiger partial charge in [0.15, 0.2) is 0 Å². The van der Waals surface area contributed by atoms with Crippen LogP contribution in [0.25, 0.3) is 0 Å². The topological polar surface area (TPSA) is 50.2 Å². The van der Waals surface area contributed by atoms with Crippen LogP contribution in [0.3, 0.4) is 0 Å². The zero-order valence-electron chi connectivity index (χ0n) is 11.3. The van der Waals surface area contributed by atoms with Gasteiger partial charge in [-0.3, -0.25) is 5.41 Å². The standard InChI is InChI=1S/C14H25NO2/c1-4-6-7-8-10-12(3)17-14(16)13(11-15)9-5-2/h12,15H,4-10H2,1-3H3. The fourth-order valence-electron chi connectivity index (χ4n) is 1.64. The lowest BCUT2D eigenvalue weighted by molar-refractivity contribution is -0.143. The Hall–Kier alpha value is -1.08. The molecule has 0 heterocycles. The summed E-state index contributed by atoms with van der Waals surface area (Å²) in [5, 5.41) is 7.04. The third kappa shape index (κ3) is 7.76. The first-order chi connectivity index (χ1) is 8.15. The molecule has 0 bridgehead atoms. The molecule has 3 heteroatoms. The summed E-state index contributed by atoms with van der Waals surface area (Å²) < 4.78 is 5.28. The number of carbonyl (C=O) groups is 1. The Morgan fingerprint density at radius 3 is 2.47 bits per heavy atom. The van der Waals surface area contributed by atoms with Gasteiger partial charge in [-0.1, -0.05) is 39.5 Å². The zero-order valence-corrected chi connectivity index (χ0v) is 11.3. The highest BCUT2D eigenvalue weighted by atomic mass is 16.5. The van der Waals surface area contributed by atoms with Crippen molar-refractivity contribution in [1.82, 2.24) is 0 Å². The van der Waals surface area contributed by atoms with Gasteiger partial charge in [0.05, 0.1) is 11.7 Å². The van der Waals surface area contributed by atoms with Crippen LogP contribution in [0.4, 0.5) is 0 Å². The summed E-state index contributed by atoms with van der Waals surface area (Å²) in [5.41, 5.74) is 0.355. The molecule has 98 valence electrons. The summed E-state index contributed by atoms with van der Waals surface area (Å²) in [7, 11) is 0. The highest BCUT2D eigenvalue weighted by molar-refractivity contribution is 5.97. The fraction of sp³-hybridized carbons (Fsp3) is 0.786. The number of rotatable bonds is 9. The van der Waals surface area contributed by atoms with E-state index in [1.807, 2.05) is 13.8 Å². The third-order valence-electron chi connectivity index (χ3n) is 2.67. The first-order valence-electron chi connectivity index (χ1n) is 6.65. The van der Waals surface area contributed by atoms with Gasteiger partial charge in [-0.05, 0) is 32.1 Å². The second kappa shape index (κ2) is 10.1. The third-order valence-corrected chi connectivity index (χ3v) is 2.67. The van der Waals surface area contributed by atoms with E-state index in [0.29, 0.717) is 12.0 Å². The molecule has 1 unspecified atom stereocenters. The highest BCUT2D eigenvalue weighted by Crippen LogP contribution is 2.11. The van der Waals surface area contributed by atoms with Crippen molar-refractivity contribution in [1.29, 1.82) is 5.41 Å². The number of ether oxygens (including phenoxy) is 1. The average molecular weight is 239 g/mol. The summed E-state index contributed by atoms with van der Waals surface area (Å²) in [6.45, 7) is 6.06. The van der Waals surface area contributed by atoms with Crippen LogP contribution in [-0.4, -0.2) is 17.9 Å². The Labute approximate surface area is 105 Å². The van der Waals surface area contributed by atoms with Crippen LogP contribution in [0.5, 0.6) is 0 Å². The van der Waals surface area contributed by atoms with Crippen LogP contribution in [0.2, 0.25) is 0 Å². The van der Waals surface area contributed by atoms with Crippen LogP contribution < -0.4 is 0 Å². The van der Waals surface area contributed by atoms with Gasteiger partial charge < -0.3 is 4.74 Å². The van der Waals surface area contributed by atoms with E-state index in [1.165, 1.54) is 19.3 Å². The maximum atomic E-state index is 11.6. The van der Waals surface area contributed by atoms with Gasteiger partial charge in [0, 0.05) is 0 Å². The molecule has 0 radical (unpaired) electrons. The smallest absolute Gasteiger partial charge is 0.343 e. The van der Waals surface area contributed by atoms with Gasteiger partial charge in [-0.15, -0.1) is 0 Å². The SMILES string of the molecule is CCCCCCC(C)OC(=O)C(=C=N)CCC. The van der Waals surface area contributed by atoms with Crippen LogP contribution in [0.15, 0.2) is 5.57 Å². The summed E-state index contributed by atoms with van der Waals surface area (Å²) in [4.78, 5) is 11.6. The monoisotopic (exact) mass is 239 g/mol. The second-order valence-corrected chi connectivity index (χ2v) is 4.42. The second-order valence-electron chi connectivity index (χ2n) is 4.42. The van der Waals surface area contributed by atoms with Crippen LogP contribution >= 0.6 is 0 Å². The molecule has 0 aliphatic heterocycles. The van der Waals surface area contributed by atoms with Gasteiger partial charge in [0.25, 0.3) is 0 Å². The van der Waals surface area contributed by atoms with Gasteiger partial charge >= 0.3 is 5.97 Å². The molecular formula is C14H25NO2. The quantitative estimate of drug-likeness (QED) is 0.287. The fourth-order valence-corrected chi connectivity index (χ4v) is 1.64. The molecule has 0 saturated carbocycles. The van der Waals surface area contributed by atoms with Crippen molar-refractivity contribution >= 4 is 11.8 Å². The van der Waals surface area contributed by atoms with E-state index in [9.17, 15) is 4.79 Å². The maximum Gasteiger partial charge on any atom is 0.343 e. The van der Waals surface area contributed by atoms with Gasteiger partial charge in [-0.25, -0.2) is 4.79 Å². The van der Waals surface area contributed by atoms with Crippen molar-refractivity contribution in [3.05, 3.63) is 5.57 Å².